The number of aromatic hydroxyl groups is 1. The van der Waals surface area contributed by atoms with Gasteiger partial charge in [-0.2, -0.15) is 0 Å². The van der Waals surface area contributed by atoms with E-state index in [4.69, 9.17) is 9.15 Å². The molecule has 0 aliphatic carbocycles. The number of carbonyl (C=O) groups excluding carboxylic acids is 1. The summed E-state index contributed by atoms with van der Waals surface area (Å²) in [5.41, 5.74) is 2.31. The van der Waals surface area contributed by atoms with Gasteiger partial charge in [0.05, 0.1) is 6.61 Å². The third-order valence-electron chi connectivity index (χ3n) is 3.69. The normalized spacial score (nSPS) is 11.0. The van der Waals surface area contributed by atoms with E-state index in [1.807, 2.05) is 38.1 Å². The van der Waals surface area contributed by atoms with Gasteiger partial charge in [0.15, 0.2) is 5.69 Å². The number of nitrogens with zero attached hydrogens (tertiary/aromatic N) is 2. The average Bonchev–Trinajstić information content (AvgIpc) is 3.02. The number of benzene rings is 2. The molecule has 26 heavy (non-hydrogen) atoms. The van der Waals surface area contributed by atoms with E-state index in [9.17, 15) is 9.90 Å². The molecule has 132 valence electrons. The fourth-order valence-corrected chi connectivity index (χ4v) is 2.32. The van der Waals surface area contributed by atoms with Gasteiger partial charge in [-0.05, 0) is 50.2 Å². The Morgan fingerprint density at radius 1 is 1.12 bits per heavy atom. The Kier molecular flexibility index (Phi) is 5.12. The van der Waals surface area contributed by atoms with E-state index in [1.165, 1.54) is 6.07 Å². The Labute approximate surface area is 150 Å². The number of ether oxygens (including phenoxy) is 1. The molecule has 0 spiro atoms. The Balaban J connectivity index is 1.77. The van der Waals surface area contributed by atoms with Crippen molar-refractivity contribution in [2.75, 3.05) is 6.61 Å². The van der Waals surface area contributed by atoms with Gasteiger partial charge in [0, 0.05) is 17.2 Å². The van der Waals surface area contributed by atoms with E-state index in [0.29, 0.717) is 17.9 Å². The smallest absolute Gasteiger partial charge is 0.311 e. The van der Waals surface area contributed by atoms with Crippen LogP contribution in [0.4, 0.5) is 5.69 Å². The highest BCUT2D eigenvalue weighted by Crippen LogP contribution is 2.36. The molecule has 0 saturated carbocycles. The van der Waals surface area contributed by atoms with Crippen molar-refractivity contribution in [1.82, 2.24) is 0 Å². The van der Waals surface area contributed by atoms with E-state index in [2.05, 4.69) is 10.2 Å². The molecule has 0 saturated heterocycles. The fraction of sp³-hybridized carbons (Fsp3) is 0.150. The van der Waals surface area contributed by atoms with Crippen molar-refractivity contribution in [2.45, 2.75) is 13.8 Å². The third kappa shape index (κ3) is 3.97. The van der Waals surface area contributed by atoms with Gasteiger partial charge in [-0.15, -0.1) is 10.2 Å². The summed E-state index contributed by atoms with van der Waals surface area (Å²) >= 11 is 0. The molecule has 0 bridgehead atoms. The van der Waals surface area contributed by atoms with Crippen LogP contribution in [0.2, 0.25) is 0 Å². The molecule has 0 fully saturated rings. The van der Waals surface area contributed by atoms with E-state index in [-0.39, 0.29) is 5.69 Å². The zero-order chi connectivity index (χ0) is 18.5. The molecule has 2 aromatic carbocycles. The molecule has 0 unspecified atom stereocenters. The Hall–Kier alpha value is -3.41. The van der Waals surface area contributed by atoms with Crippen LogP contribution in [-0.4, -0.2) is 17.6 Å². The van der Waals surface area contributed by atoms with Crippen LogP contribution in [0.1, 0.15) is 22.8 Å². The lowest BCUT2D eigenvalue weighted by Gasteiger charge is -2.02. The molecule has 6 heteroatoms. The van der Waals surface area contributed by atoms with Gasteiger partial charge in [0.25, 0.3) is 5.91 Å². The van der Waals surface area contributed by atoms with Gasteiger partial charge in [-0.25, -0.2) is 0 Å². The van der Waals surface area contributed by atoms with Crippen molar-refractivity contribution in [3.63, 3.8) is 0 Å². The molecule has 1 aromatic heterocycles. The summed E-state index contributed by atoms with van der Waals surface area (Å²) in [5, 5.41) is 17.3. The van der Waals surface area contributed by atoms with Crippen molar-refractivity contribution in [3.05, 3.63) is 65.7 Å². The summed E-state index contributed by atoms with van der Waals surface area (Å²) in [6.07, 6.45) is 0. The Bertz CT molecular complexity index is 925. The molecule has 6 nitrogen and oxygen atoms in total. The molecule has 0 radical (unpaired) electrons. The summed E-state index contributed by atoms with van der Waals surface area (Å²) in [6, 6.07) is 15.7. The van der Waals surface area contributed by atoms with Crippen LogP contribution in [0.15, 0.2) is 69.2 Å². The lowest BCUT2D eigenvalue weighted by Crippen LogP contribution is -1.92. The maximum atomic E-state index is 12.0. The SMILES string of the molecule is CCOc1ccc(-c2cc(N=NC(=O)c3ccc(C)cc3)c(O)o2)cc1. The number of hydrogen-bond donors (Lipinski definition) is 1. The van der Waals surface area contributed by atoms with Crippen LogP contribution < -0.4 is 4.74 Å². The zero-order valence-electron chi connectivity index (χ0n) is 14.5. The summed E-state index contributed by atoms with van der Waals surface area (Å²) in [6.45, 7) is 4.43. The summed E-state index contributed by atoms with van der Waals surface area (Å²) in [7, 11) is 0. The minimum absolute atomic E-state index is 0.0920. The number of aryl methyl sites for hydroxylation is 1. The molecule has 0 aliphatic rings. The molecule has 0 aliphatic heterocycles. The maximum Gasteiger partial charge on any atom is 0.311 e. The third-order valence-corrected chi connectivity index (χ3v) is 3.69. The number of amides is 1. The van der Waals surface area contributed by atoms with E-state index >= 15 is 0 Å². The second-order valence-corrected chi connectivity index (χ2v) is 5.63. The highest BCUT2D eigenvalue weighted by Gasteiger charge is 2.12. The highest BCUT2D eigenvalue weighted by molar-refractivity contribution is 5.94. The van der Waals surface area contributed by atoms with Crippen LogP contribution in [-0.2, 0) is 0 Å². The predicted molar refractivity (Wildman–Crippen MR) is 97.0 cm³/mol. The summed E-state index contributed by atoms with van der Waals surface area (Å²) < 4.78 is 10.7. The molecule has 1 N–H and O–H groups in total. The van der Waals surface area contributed by atoms with Gasteiger partial charge >= 0.3 is 5.95 Å². The van der Waals surface area contributed by atoms with Gasteiger partial charge in [-0.3, -0.25) is 4.79 Å². The lowest BCUT2D eigenvalue weighted by atomic mass is 10.1. The van der Waals surface area contributed by atoms with E-state index in [1.54, 1.807) is 24.3 Å². The van der Waals surface area contributed by atoms with Crippen molar-refractivity contribution in [3.8, 4) is 23.0 Å². The first-order valence-corrected chi connectivity index (χ1v) is 8.15. The van der Waals surface area contributed by atoms with Crippen molar-refractivity contribution >= 4 is 11.6 Å². The summed E-state index contributed by atoms with van der Waals surface area (Å²) in [4.78, 5) is 12.0. The number of azo groups is 1. The monoisotopic (exact) mass is 350 g/mol. The van der Waals surface area contributed by atoms with Gasteiger partial charge < -0.3 is 14.3 Å². The van der Waals surface area contributed by atoms with E-state index < -0.39 is 11.9 Å². The standard InChI is InChI=1S/C20H18N2O4/c1-3-25-16-10-8-14(9-11-16)18-12-17(20(24)26-18)21-22-19(23)15-6-4-13(2)5-7-15/h4-12,24H,3H2,1-2H3. The molecular formula is C20H18N2O4. The van der Waals surface area contributed by atoms with Gasteiger partial charge in [0.2, 0.25) is 0 Å². The topological polar surface area (TPSA) is 84.4 Å². The van der Waals surface area contributed by atoms with Gasteiger partial charge in [-0.1, -0.05) is 17.7 Å². The van der Waals surface area contributed by atoms with Crippen LogP contribution in [0.5, 0.6) is 11.7 Å². The quantitative estimate of drug-likeness (QED) is 0.634. The first kappa shape index (κ1) is 17.4. The molecule has 3 aromatic rings. The van der Waals surface area contributed by atoms with E-state index in [0.717, 1.165) is 16.9 Å². The van der Waals surface area contributed by atoms with Gasteiger partial charge in [0.1, 0.15) is 11.5 Å². The molecule has 0 atom stereocenters. The van der Waals surface area contributed by atoms with Crippen LogP contribution in [0.25, 0.3) is 11.3 Å². The molecule has 3 rings (SSSR count). The predicted octanol–water partition coefficient (Wildman–Crippen LogP) is 5.28. The van der Waals surface area contributed by atoms with Crippen molar-refractivity contribution < 1.29 is 19.1 Å². The molecule has 1 heterocycles. The maximum absolute atomic E-state index is 12.0. The first-order valence-electron chi connectivity index (χ1n) is 8.15. The van der Waals surface area contributed by atoms with Crippen molar-refractivity contribution in [1.29, 1.82) is 0 Å². The zero-order valence-corrected chi connectivity index (χ0v) is 14.5. The number of furan rings is 1. The Morgan fingerprint density at radius 3 is 2.46 bits per heavy atom. The second-order valence-electron chi connectivity index (χ2n) is 5.63. The van der Waals surface area contributed by atoms with Crippen LogP contribution in [0.3, 0.4) is 0 Å². The average molecular weight is 350 g/mol. The molecule has 1 amide bonds. The summed E-state index contributed by atoms with van der Waals surface area (Å²) in [5.74, 6) is 0.278. The highest BCUT2D eigenvalue weighted by atomic mass is 16.5. The minimum atomic E-state index is -0.492. The van der Waals surface area contributed by atoms with Crippen LogP contribution >= 0.6 is 0 Å². The van der Waals surface area contributed by atoms with Crippen molar-refractivity contribution in [2.24, 2.45) is 10.2 Å². The van der Waals surface area contributed by atoms with Crippen LogP contribution in [0, 0.1) is 6.92 Å². The molecular weight excluding hydrogens is 332 g/mol. The second kappa shape index (κ2) is 7.65. The lowest BCUT2D eigenvalue weighted by molar-refractivity contribution is 0.0995. The largest absolute Gasteiger partial charge is 0.494 e. The minimum Gasteiger partial charge on any atom is -0.494 e. The number of rotatable bonds is 5. The number of carbonyl (C=O) groups is 1. The first-order chi connectivity index (χ1) is 12.6. The fourth-order valence-electron chi connectivity index (χ4n) is 2.32. The Morgan fingerprint density at radius 2 is 1.81 bits per heavy atom. The number of hydrogen-bond acceptors (Lipinski definition) is 5.